The fourth-order valence-electron chi connectivity index (χ4n) is 1.61. The van der Waals surface area contributed by atoms with Crippen LogP contribution in [0, 0.1) is 0 Å². The minimum Gasteiger partial charge on any atom is -0.399 e. The van der Waals surface area contributed by atoms with Crippen molar-refractivity contribution in [1.82, 2.24) is 0 Å². The lowest BCUT2D eigenvalue weighted by atomic mass is 10.1. The molecule has 0 bridgehead atoms. The van der Waals surface area contributed by atoms with Crippen LogP contribution < -0.4 is 5.73 Å². The largest absolute Gasteiger partial charge is 0.399 e. The van der Waals surface area contributed by atoms with Crippen molar-refractivity contribution in [2.24, 2.45) is 0 Å². The van der Waals surface area contributed by atoms with Crippen LogP contribution >= 0.6 is 0 Å². The highest BCUT2D eigenvalue weighted by atomic mass is 16.5. The fourth-order valence-corrected chi connectivity index (χ4v) is 1.61. The number of ether oxygens (including phenoxy) is 1. The van der Waals surface area contributed by atoms with Gasteiger partial charge < -0.3 is 10.5 Å². The lowest BCUT2D eigenvalue weighted by molar-refractivity contribution is 0.133. The normalized spacial score (nSPS) is 10.6. The molecule has 1 rings (SSSR count). The number of benzene rings is 1. The van der Waals surface area contributed by atoms with Crippen LogP contribution in [-0.4, -0.2) is 13.2 Å². The van der Waals surface area contributed by atoms with Crippen LogP contribution in [0.5, 0.6) is 0 Å². The first-order valence-corrected chi connectivity index (χ1v) is 6.25. The maximum Gasteiger partial charge on any atom is 0.0506 e. The molecule has 0 spiro atoms. The summed E-state index contributed by atoms with van der Waals surface area (Å²) in [6, 6.07) is 8.01. The van der Waals surface area contributed by atoms with Gasteiger partial charge in [0.05, 0.1) is 6.61 Å². The second kappa shape index (κ2) is 8.17. The van der Waals surface area contributed by atoms with E-state index in [0.717, 1.165) is 25.3 Å². The Morgan fingerprint density at radius 2 is 1.75 bits per heavy atom. The van der Waals surface area contributed by atoms with Crippen LogP contribution in [0.4, 0.5) is 5.69 Å². The van der Waals surface area contributed by atoms with Gasteiger partial charge in [0.15, 0.2) is 0 Å². The Hall–Kier alpha value is -1.02. The molecule has 90 valence electrons. The Morgan fingerprint density at radius 3 is 2.44 bits per heavy atom. The number of unbranched alkanes of at least 4 members (excludes halogenated alkanes) is 3. The van der Waals surface area contributed by atoms with E-state index < -0.39 is 0 Å². The SMILES string of the molecule is CCCCCCOCCc1ccc(N)cc1. The minimum atomic E-state index is 0.816. The lowest BCUT2D eigenvalue weighted by Gasteiger charge is -2.04. The third kappa shape index (κ3) is 5.76. The molecule has 2 nitrogen and oxygen atoms in total. The van der Waals surface area contributed by atoms with Gasteiger partial charge in [-0.05, 0) is 30.5 Å². The van der Waals surface area contributed by atoms with E-state index in [9.17, 15) is 0 Å². The Morgan fingerprint density at radius 1 is 1.00 bits per heavy atom. The highest BCUT2D eigenvalue weighted by Gasteiger charge is 1.93. The molecule has 0 aliphatic rings. The topological polar surface area (TPSA) is 35.2 Å². The number of hydrogen-bond acceptors (Lipinski definition) is 2. The number of nitrogen functional groups attached to an aromatic ring is 1. The van der Waals surface area contributed by atoms with E-state index in [1.807, 2.05) is 12.1 Å². The molecule has 0 radical (unpaired) electrons. The van der Waals surface area contributed by atoms with E-state index in [1.165, 1.54) is 31.2 Å². The van der Waals surface area contributed by atoms with Crippen LogP contribution in [0.3, 0.4) is 0 Å². The maximum absolute atomic E-state index is 5.62. The molecule has 0 atom stereocenters. The summed E-state index contributed by atoms with van der Waals surface area (Å²) in [5, 5.41) is 0. The van der Waals surface area contributed by atoms with E-state index in [1.54, 1.807) is 0 Å². The molecule has 0 amide bonds. The summed E-state index contributed by atoms with van der Waals surface area (Å²) >= 11 is 0. The molecule has 0 fully saturated rings. The van der Waals surface area contributed by atoms with Crippen molar-refractivity contribution in [1.29, 1.82) is 0 Å². The van der Waals surface area contributed by atoms with Gasteiger partial charge >= 0.3 is 0 Å². The van der Waals surface area contributed by atoms with Crippen LogP contribution in [-0.2, 0) is 11.2 Å². The van der Waals surface area contributed by atoms with E-state index >= 15 is 0 Å². The predicted molar refractivity (Wildman–Crippen MR) is 69.5 cm³/mol. The number of nitrogens with two attached hydrogens (primary N) is 1. The summed E-state index contributed by atoms with van der Waals surface area (Å²) < 4.78 is 5.58. The predicted octanol–water partition coefficient (Wildman–Crippen LogP) is 3.41. The molecular formula is C14H23NO. The van der Waals surface area contributed by atoms with E-state index in [0.29, 0.717) is 0 Å². The van der Waals surface area contributed by atoms with Crippen LogP contribution in [0.15, 0.2) is 24.3 Å². The van der Waals surface area contributed by atoms with Gasteiger partial charge in [-0.1, -0.05) is 38.3 Å². The van der Waals surface area contributed by atoms with E-state index in [-0.39, 0.29) is 0 Å². The van der Waals surface area contributed by atoms with Gasteiger partial charge in [0.1, 0.15) is 0 Å². The third-order valence-electron chi connectivity index (χ3n) is 2.66. The van der Waals surface area contributed by atoms with Gasteiger partial charge in [0.2, 0.25) is 0 Å². The van der Waals surface area contributed by atoms with Gasteiger partial charge in [-0.2, -0.15) is 0 Å². The number of rotatable bonds is 8. The second-order valence-corrected chi connectivity index (χ2v) is 4.16. The summed E-state index contributed by atoms with van der Waals surface area (Å²) in [4.78, 5) is 0. The fraction of sp³-hybridized carbons (Fsp3) is 0.571. The molecule has 2 heteroatoms. The van der Waals surface area contributed by atoms with Crippen molar-refractivity contribution < 1.29 is 4.74 Å². The molecule has 2 N–H and O–H groups in total. The summed E-state index contributed by atoms with van der Waals surface area (Å²) in [6.07, 6.45) is 6.06. The molecular weight excluding hydrogens is 198 g/mol. The number of hydrogen-bond donors (Lipinski definition) is 1. The standard InChI is InChI=1S/C14H23NO/c1-2-3-4-5-11-16-12-10-13-6-8-14(15)9-7-13/h6-9H,2-5,10-12,15H2,1H3. The van der Waals surface area contributed by atoms with Crippen LogP contribution in [0.1, 0.15) is 38.2 Å². The average molecular weight is 221 g/mol. The van der Waals surface area contributed by atoms with Gasteiger partial charge in [0, 0.05) is 12.3 Å². The van der Waals surface area contributed by atoms with Crippen molar-refractivity contribution in [2.75, 3.05) is 18.9 Å². The molecule has 0 saturated heterocycles. The molecule has 0 heterocycles. The van der Waals surface area contributed by atoms with Gasteiger partial charge in [-0.3, -0.25) is 0 Å². The van der Waals surface area contributed by atoms with Crippen LogP contribution in [0.2, 0.25) is 0 Å². The lowest BCUT2D eigenvalue weighted by Crippen LogP contribution is -2.00. The first-order chi connectivity index (χ1) is 7.83. The number of anilines is 1. The molecule has 0 aromatic heterocycles. The monoisotopic (exact) mass is 221 g/mol. The highest BCUT2D eigenvalue weighted by Crippen LogP contribution is 2.06. The van der Waals surface area contributed by atoms with Crippen molar-refractivity contribution in [3.63, 3.8) is 0 Å². The Kier molecular flexibility index (Phi) is 6.66. The quantitative estimate of drug-likeness (QED) is 0.539. The molecule has 0 saturated carbocycles. The molecule has 0 aliphatic carbocycles. The zero-order chi connectivity index (χ0) is 11.6. The van der Waals surface area contributed by atoms with E-state index in [4.69, 9.17) is 10.5 Å². The highest BCUT2D eigenvalue weighted by molar-refractivity contribution is 5.39. The van der Waals surface area contributed by atoms with Crippen LogP contribution in [0.25, 0.3) is 0 Å². The Balaban J connectivity index is 2.01. The second-order valence-electron chi connectivity index (χ2n) is 4.16. The van der Waals surface area contributed by atoms with Gasteiger partial charge in [-0.15, -0.1) is 0 Å². The molecule has 16 heavy (non-hydrogen) atoms. The molecule has 1 aromatic carbocycles. The molecule has 1 aromatic rings. The summed E-state index contributed by atoms with van der Waals surface area (Å²) in [6.45, 7) is 3.94. The van der Waals surface area contributed by atoms with Crippen molar-refractivity contribution >= 4 is 5.69 Å². The molecule has 0 aliphatic heterocycles. The molecule has 0 unspecified atom stereocenters. The summed E-state index contributed by atoms with van der Waals surface area (Å²) in [5.74, 6) is 0. The maximum atomic E-state index is 5.62. The zero-order valence-corrected chi connectivity index (χ0v) is 10.2. The first kappa shape index (κ1) is 13.0. The smallest absolute Gasteiger partial charge is 0.0506 e. The van der Waals surface area contributed by atoms with Gasteiger partial charge in [-0.25, -0.2) is 0 Å². The zero-order valence-electron chi connectivity index (χ0n) is 10.2. The van der Waals surface area contributed by atoms with Crippen molar-refractivity contribution in [3.05, 3.63) is 29.8 Å². The minimum absolute atomic E-state index is 0.816. The first-order valence-electron chi connectivity index (χ1n) is 6.25. The van der Waals surface area contributed by atoms with Gasteiger partial charge in [0.25, 0.3) is 0 Å². The van der Waals surface area contributed by atoms with E-state index in [2.05, 4.69) is 19.1 Å². The summed E-state index contributed by atoms with van der Waals surface area (Å²) in [5.41, 5.74) is 7.74. The Labute approximate surface area is 98.8 Å². The average Bonchev–Trinajstić information content (AvgIpc) is 2.30. The Bertz CT molecular complexity index is 269. The summed E-state index contributed by atoms with van der Waals surface area (Å²) in [7, 11) is 0. The van der Waals surface area contributed by atoms with Crippen molar-refractivity contribution in [3.8, 4) is 0 Å². The van der Waals surface area contributed by atoms with Crippen molar-refractivity contribution in [2.45, 2.75) is 39.0 Å². The third-order valence-corrected chi connectivity index (χ3v) is 2.66.